The van der Waals surface area contributed by atoms with Gasteiger partial charge in [-0.15, -0.1) is 0 Å². The standard InChI is InChI=1S/C14H16N2O2/c1-18-13-5-3-2-4-12(13)10-16-7-6-11(9-15)8-14(16)17/h2-5,11H,6-8,10H2,1H3. The molecule has 0 spiro atoms. The fraction of sp³-hybridized carbons (Fsp3) is 0.429. The summed E-state index contributed by atoms with van der Waals surface area (Å²) in [4.78, 5) is 13.7. The lowest BCUT2D eigenvalue weighted by Gasteiger charge is -2.29. The van der Waals surface area contributed by atoms with Crippen LogP contribution in [0.4, 0.5) is 0 Å². The first kappa shape index (κ1) is 12.4. The predicted molar refractivity (Wildman–Crippen MR) is 66.7 cm³/mol. The molecule has 0 N–H and O–H groups in total. The molecule has 1 amide bonds. The second kappa shape index (κ2) is 5.54. The Hall–Kier alpha value is -2.02. The molecule has 1 aromatic rings. The first-order chi connectivity index (χ1) is 8.74. The van der Waals surface area contributed by atoms with Gasteiger partial charge in [0.1, 0.15) is 5.75 Å². The highest BCUT2D eigenvalue weighted by Crippen LogP contribution is 2.23. The van der Waals surface area contributed by atoms with Crippen LogP contribution in [0.2, 0.25) is 0 Å². The molecule has 1 atom stereocenters. The van der Waals surface area contributed by atoms with E-state index in [0.717, 1.165) is 17.7 Å². The first-order valence-electron chi connectivity index (χ1n) is 6.04. The molecule has 1 aromatic carbocycles. The van der Waals surface area contributed by atoms with Crippen molar-refractivity contribution in [3.05, 3.63) is 29.8 Å². The third-order valence-electron chi connectivity index (χ3n) is 3.26. The van der Waals surface area contributed by atoms with Gasteiger partial charge in [-0.1, -0.05) is 18.2 Å². The number of nitrogens with zero attached hydrogens (tertiary/aromatic N) is 2. The van der Waals surface area contributed by atoms with Gasteiger partial charge in [-0.3, -0.25) is 4.79 Å². The Labute approximate surface area is 107 Å². The van der Waals surface area contributed by atoms with Gasteiger partial charge in [-0.05, 0) is 12.5 Å². The number of amides is 1. The maximum absolute atomic E-state index is 11.9. The van der Waals surface area contributed by atoms with E-state index in [1.165, 1.54) is 0 Å². The van der Waals surface area contributed by atoms with Crippen LogP contribution in [0.3, 0.4) is 0 Å². The van der Waals surface area contributed by atoms with Gasteiger partial charge in [0.2, 0.25) is 5.91 Å². The summed E-state index contributed by atoms with van der Waals surface area (Å²) in [5, 5.41) is 8.83. The minimum absolute atomic E-state index is 0.0544. The number of carbonyl (C=O) groups is 1. The number of rotatable bonds is 3. The van der Waals surface area contributed by atoms with Crippen molar-refractivity contribution >= 4 is 5.91 Å². The second-order valence-electron chi connectivity index (χ2n) is 4.45. The Morgan fingerprint density at radius 1 is 1.50 bits per heavy atom. The lowest BCUT2D eigenvalue weighted by atomic mass is 9.97. The molecule has 0 aromatic heterocycles. The molecule has 0 aliphatic carbocycles. The Kier molecular flexibility index (Phi) is 3.83. The second-order valence-corrected chi connectivity index (χ2v) is 4.45. The summed E-state index contributed by atoms with van der Waals surface area (Å²) in [6.07, 6.45) is 1.10. The number of para-hydroxylation sites is 1. The zero-order chi connectivity index (χ0) is 13.0. The van der Waals surface area contributed by atoms with E-state index in [4.69, 9.17) is 10.00 Å². The molecule has 94 valence electrons. The Morgan fingerprint density at radius 3 is 2.94 bits per heavy atom. The highest BCUT2D eigenvalue weighted by molar-refractivity contribution is 5.77. The van der Waals surface area contributed by atoms with Gasteiger partial charge < -0.3 is 9.64 Å². The van der Waals surface area contributed by atoms with Crippen LogP contribution < -0.4 is 4.74 Å². The molecule has 1 aliphatic rings. The van der Waals surface area contributed by atoms with E-state index in [0.29, 0.717) is 19.5 Å². The number of hydrogen-bond acceptors (Lipinski definition) is 3. The molecule has 1 saturated heterocycles. The molecule has 1 aliphatic heterocycles. The molecule has 18 heavy (non-hydrogen) atoms. The van der Waals surface area contributed by atoms with Crippen molar-refractivity contribution in [3.8, 4) is 11.8 Å². The summed E-state index contributed by atoms with van der Waals surface area (Å²) in [6.45, 7) is 1.20. The van der Waals surface area contributed by atoms with Crippen molar-refractivity contribution in [1.82, 2.24) is 4.90 Å². The molecule has 1 unspecified atom stereocenters. The zero-order valence-corrected chi connectivity index (χ0v) is 10.4. The smallest absolute Gasteiger partial charge is 0.224 e. The van der Waals surface area contributed by atoms with E-state index in [9.17, 15) is 4.79 Å². The molecular weight excluding hydrogens is 228 g/mol. The van der Waals surface area contributed by atoms with Crippen LogP contribution in [0, 0.1) is 17.2 Å². The Bertz CT molecular complexity index is 479. The molecule has 1 fully saturated rings. The van der Waals surface area contributed by atoms with Crippen LogP contribution in [0.15, 0.2) is 24.3 Å². The monoisotopic (exact) mass is 244 g/mol. The van der Waals surface area contributed by atoms with E-state index in [-0.39, 0.29) is 11.8 Å². The number of hydrogen-bond donors (Lipinski definition) is 0. The number of piperidine rings is 1. The van der Waals surface area contributed by atoms with E-state index in [2.05, 4.69) is 6.07 Å². The van der Waals surface area contributed by atoms with Gasteiger partial charge in [0, 0.05) is 25.1 Å². The van der Waals surface area contributed by atoms with Crippen LogP contribution in [0.5, 0.6) is 5.75 Å². The van der Waals surface area contributed by atoms with Crippen molar-refractivity contribution in [3.63, 3.8) is 0 Å². The highest BCUT2D eigenvalue weighted by Gasteiger charge is 2.26. The fourth-order valence-corrected chi connectivity index (χ4v) is 2.19. The van der Waals surface area contributed by atoms with Crippen LogP contribution in [-0.2, 0) is 11.3 Å². The van der Waals surface area contributed by atoms with E-state index >= 15 is 0 Å². The first-order valence-corrected chi connectivity index (χ1v) is 6.04. The van der Waals surface area contributed by atoms with Crippen LogP contribution >= 0.6 is 0 Å². The lowest BCUT2D eigenvalue weighted by Crippen LogP contribution is -2.37. The van der Waals surface area contributed by atoms with E-state index in [1.54, 1.807) is 12.0 Å². The number of benzene rings is 1. The number of nitriles is 1. The molecule has 4 nitrogen and oxygen atoms in total. The van der Waals surface area contributed by atoms with Crippen molar-refractivity contribution in [2.45, 2.75) is 19.4 Å². The average Bonchev–Trinajstić information content (AvgIpc) is 2.41. The zero-order valence-electron chi connectivity index (χ0n) is 10.4. The quantitative estimate of drug-likeness (QED) is 0.816. The van der Waals surface area contributed by atoms with Crippen molar-refractivity contribution < 1.29 is 9.53 Å². The predicted octanol–water partition coefficient (Wildman–Crippen LogP) is 1.96. The van der Waals surface area contributed by atoms with Gasteiger partial charge in [-0.25, -0.2) is 0 Å². The lowest BCUT2D eigenvalue weighted by molar-refractivity contribution is -0.134. The van der Waals surface area contributed by atoms with Gasteiger partial charge >= 0.3 is 0 Å². The molecule has 1 heterocycles. The highest BCUT2D eigenvalue weighted by atomic mass is 16.5. The molecule has 0 saturated carbocycles. The van der Waals surface area contributed by atoms with E-state index in [1.807, 2.05) is 24.3 Å². The maximum Gasteiger partial charge on any atom is 0.224 e. The summed E-state index contributed by atoms with van der Waals surface area (Å²) in [7, 11) is 1.63. The van der Waals surface area contributed by atoms with Crippen LogP contribution in [0.1, 0.15) is 18.4 Å². The third kappa shape index (κ3) is 2.62. The average molecular weight is 244 g/mol. The van der Waals surface area contributed by atoms with Crippen LogP contribution in [-0.4, -0.2) is 24.5 Å². The number of carbonyl (C=O) groups excluding carboxylic acids is 1. The van der Waals surface area contributed by atoms with Gasteiger partial charge in [0.15, 0.2) is 0 Å². The maximum atomic E-state index is 11.9. The van der Waals surface area contributed by atoms with Crippen LogP contribution in [0.25, 0.3) is 0 Å². The van der Waals surface area contributed by atoms with Gasteiger partial charge in [-0.2, -0.15) is 5.26 Å². The van der Waals surface area contributed by atoms with Gasteiger partial charge in [0.25, 0.3) is 0 Å². The number of ether oxygens (including phenoxy) is 1. The topological polar surface area (TPSA) is 53.3 Å². The molecule has 0 bridgehead atoms. The molecular formula is C14H16N2O2. The molecule has 0 radical (unpaired) electrons. The third-order valence-corrected chi connectivity index (χ3v) is 3.26. The minimum atomic E-state index is -0.119. The van der Waals surface area contributed by atoms with E-state index < -0.39 is 0 Å². The Balaban J connectivity index is 2.06. The number of likely N-dealkylation sites (tertiary alicyclic amines) is 1. The molecule has 4 heteroatoms. The number of methoxy groups -OCH3 is 1. The Morgan fingerprint density at radius 2 is 2.28 bits per heavy atom. The normalized spacial score (nSPS) is 19.4. The summed E-state index contributed by atoms with van der Waals surface area (Å²) in [5.74, 6) is 0.734. The van der Waals surface area contributed by atoms with Gasteiger partial charge in [0.05, 0.1) is 19.1 Å². The summed E-state index contributed by atoms with van der Waals surface area (Å²) in [6, 6.07) is 9.86. The molecule has 2 rings (SSSR count). The summed E-state index contributed by atoms with van der Waals surface area (Å²) in [5.41, 5.74) is 1.00. The fourth-order valence-electron chi connectivity index (χ4n) is 2.19. The van der Waals surface area contributed by atoms with Crippen molar-refractivity contribution in [2.75, 3.05) is 13.7 Å². The largest absolute Gasteiger partial charge is 0.496 e. The minimum Gasteiger partial charge on any atom is -0.496 e. The van der Waals surface area contributed by atoms with Crippen molar-refractivity contribution in [1.29, 1.82) is 5.26 Å². The SMILES string of the molecule is COc1ccccc1CN1CCC(C#N)CC1=O. The summed E-state index contributed by atoms with van der Waals surface area (Å²) < 4.78 is 5.27. The summed E-state index contributed by atoms with van der Waals surface area (Å²) >= 11 is 0. The van der Waals surface area contributed by atoms with Crippen molar-refractivity contribution in [2.24, 2.45) is 5.92 Å².